The van der Waals surface area contributed by atoms with Crippen LogP contribution in [0, 0.1) is 11.8 Å². The number of halogens is 4. The molecule has 6 nitrogen and oxygen atoms in total. The number of anilines is 1. The van der Waals surface area contributed by atoms with Crippen LogP contribution in [0.4, 0.5) is 18.9 Å². The number of nitrogens with zero attached hydrogens (tertiary/aromatic N) is 1. The molecule has 3 aliphatic rings. The van der Waals surface area contributed by atoms with E-state index in [0.717, 1.165) is 12.1 Å². The van der Waals surface area contributed by atoms with E-state index in [9.17, 15) is 32.3 Å². The number of hydrogen-bond donors (Lipinski definition) is 0. The predicted molar refractivity (Wildman–Crippen MR) is 124 cm³/mol. The molecule has 0 aromatic heterocycles. The van der Waals surface area contributed by atoms with Crippen molar-refractivity contribution in [3.8, 4) is 0 Å². The molecule has 186 valence electrons. The van der Waals surface area contributed by atoms with Crippen LogP contribution in [0.3, 0.4) is 0 Å². The third-order valence-corrected chi connectivity index (χ3v) is 7.51. The van der Waals surface area contributed by atoms with E-state index in [1.165, 1.54) is 24.3 Å². The number of ether oxygens (including phenoxy) is 1. The first-order valence-corrected chi connectivity index (χ1v) is 11.6. The molecule has 1 spiro atoms. The number of alkyl halides is 3. The highest BCUT2D eigenvalue weighted by molar-refractivity contribution is 6.37. The molecule has 2 heterocycles. The lowest BCUT2D eigenvalue weighted by molar-refractivity contribution is -0.137. The van der Waals surface area contributed by atoms with Gasteiger partial charge in [-0.15, -0.1) is 0 Å². The minimum absolute atomic E-state index is 0.0452. The van der Waals surface area contributed by atoms with Crippen molar-refractivity contribution in [2.45, 2.75) is 17.9 Å². The fourth-order valence-corrected chi connectivity index (χ4v) is 5.82. The van der Waals surface area contributed by atoms with Crippen molar-refractivity contribution in [3.63, 3.8) is 0 Å². The van der Waals surface area contributed by atoms with Crippen molar-refractivity contribution >= 4 is 40.7 Å². The highest BCUT2D eigenvalue weighted by Crippen LogP contribution is 2.58. The van der Waals surface area contributed by atoms with Crippen molar-refractivity contribution in [1.29, 1.82) is 0 Å². The summed E-state index contributed by atoms with van der Waals surface area (Å²) in [7, 11) is 0. The second-order valence-corrected chi connectivity index (χ2v) is 9.47. The third-order valence-electron chi connectivity index (χ3n) is 7.16. The first-order chi connectivity index (χ1) is 17.6. The van der Waals surface area contributed by atoms with Gasteiger partial charge in [0.05, 0.1) is 29.2 Å². The first kappa shape index (κ1) is 23.6. The van der Waals surface area contributed by atoms with Gasteiger partial charge in [0.1, 0.15) is 0 Å². The molecule has 0 bridgehead atoms. The lowest BCUT2D eigenvalue weighted by Crippen LogP contribution is -2.51. The Morgan fingerprint density at radius 3 is 2.05 bits per heavy atom. The lowest BCUT2D eigenvalue weighted by atomic mass is 9.77. The molecule has 0 saturated carbocycles. The number of imide groups is 1. The predicted octanol–water partition coefficient (Wildman–Crippen LogP) is 5.05. The highest BCUT2D eigenvalue weighted by Gasteiger charge is 2.75. The van der Waals surface area contributed by atoms with E-state index in [4.69, 9.17) is 16.3 Å². The van der Waals surface area contributed by atoms with Gasteiger partial charge in [-0.2, -0.15) is 13.2 Å². The standard InChI is InChI=1S/C27H15ClF3NO5/c28-18-11-4-3-10-17(18)21-19-20(26(37-21)22(33)15-8-1-2-9-16(15)23(26)34)25(36)32(24(19)35)14-7-5-6-13(12-14)27(29,30)31/h1-12,19-21H/t19-,20-,21-/m1/s1. The highest BCUT2D eigenvalue weighted by atomic mass is 35.5. The third kappa shape index (κ3) is 3.10. The second kappa shape index (κ2) is 7.84. The smallest absolute Gasteiger partial charge is 0.349 e. The zero-order valence-corrected chi connectivity index (χ0v) is 19.4. The van der Waals surface area contributed by atoms with Crippen LogP contribution in [0.2, 0.25) is 5.02 Å². The van der Waals surface area contributed by atoms with Crippen LogP contribution in [-0.2, 0) is 20.5 Å². The van der Waals surface area contributed by atoms with E-state index in [-0.39, 0.29) is 27.4 Å². The number of amides is 2. The summed E-state index contributed by atoms with van der Waals surface area (Å²) < 4.78 is 46.3. The Labute approximate surface area is 212 Å². The van der Waals surface area contributed by atoms with Gasteiger partial charge < -0.3 is 4.74 Å². The number of Topliss-reactive ketones (excluding diaryl/α,β-unsaturated/α-hetero) is 2. The van der Waals surface area contributed by atoms with Crippen LogP contribution in [0.5, 0.6) is 0 Å². The van der Waals surface area contributed by atoms with Crippen molar-refractivity contribution < 1.29 is 37.1 Å². The minimum atomic E-state index is -4.72. The molecular formula is C27H15ClF3NO5. The zero-order chi connectivity index (χ0) is 26.3. The number of carbonyl (C=O) groups excluding carboxylic acids is 4. The zero-order valence-electron chi connectivity index (χ0n) is 18.7. The van der Waals surface area contributed by atoms with Crippen LogP contribution in [0.25, 0.3) is 0 Å². The summed E-state index contributed by atoms with van der Waals surface area (Å²) in [6.07, 6.45) is -5.99. The monoisotopic (exact) mass is 525 g/mol. The summed E-state index contributed by atoms with van der Waals surface area (Å²) in [6.45, 7) is 0. The van der Waals surface area contributed by atoms with Gasteiger partial charge in [0.15, 0.2) is 0 Å². The van der Waals surface area contributed by atoms with E-state index in [2.05, 4.69) is 0 Å². The average molecular weight is 526 g/mol. The Morgan fingerprint density at radius 2 is 1.43 bits per heavy atom. The molecule has 37 heavy (non-hydrogen) atoms. The van der Waals surface area contributed by atoms with Gasteiger partial charge >= 0.3 is 6.18 Å². The number of benzene rings is 3. The molecule has 3 aromatic rings. The molecule has 1 aliphatic carbocycles. The topological polar surface area (TPSA) is 80.8 Å². The summed E-state index contributed by atoms with van der Waals surface area (Å²) in [4.78, 5) is 55.6. The normalized spacial score (nSPS) is 24.2. The van der Waals surface area contributed by atoms with Crippen molar-refractivity contribution in [3.05, 3.63) is 100 Å². The molecule has 10 heteroatoms. The van der Waals surface area contributed by atoms with Crippen molar-refractivity contribution in [1.82, 2.24) is 0 Å². The summed E-state index contributed by atoms with van der Waals surface area (Å²) in [5, 5.41) is 0.177. The first-order valence-electron chi connectivity index (χ1n) is 11.2. The summed E-state index contributed by atoms with van der Waals surface area (Å²) >= 11 is 6.38. The van der Waals surface area contributed by atoms with Gasteiger partial charge in [-0.3, -0.25) is 19.2 Å². The maximum Gasteiger partial charge on any atom is 0.416 e. The maximum absolute atomic E-state index is 13.8. The van der Waals surface area contributed by atoms with Gasteiger partial charge in [-0.1, -0.05) is 60.1 Å². The number of fused-ring (bicyclic) bond motifs is 3. The van der Waals surface area contributed by atoms with Crippen LogP contribution in [-0.4, -0.2) is 29.0 Å². The van der Waals surface area contributed by atoms with E-state index in [1.807, 2.05) is 0 Å². The van der Waals surface area contributed by atoms with Crippen molar-refractivity contribution in [2.75, 3.05) is 4.90 Å². The molecule has 2 saturated heterocycles. The summed E-state index contributed by atoms with van der Waals surface area (Å²) in [6, 6.07) is 16.0. The van der Waals surface area contributed by atoms with Gasteiger partial charge in [-0.05, 0) is 24.3 Å². The largest absolute Gasteiger partial charge is 0.416 e. The molecule has 2 amide bonds. The molecule has 0 radical (unpaired) electrons. The van der Waals surface area contributed by atoms with E-state index in [0.29, 0.717) is 11.0 Å². The quantitative estimate of drug-likeness (QED) is 0.345. The number of ketones is 2. The molecular weight excluding hydrogens is 511 g/mol. The molecule has 3 aromatic carbocycles. The van der Waals surface area contributed by atoms with E-state index in [1.54, 1.807) is 30.3 Å². The van der Waals surface area contributed by atoms with Crippen LogP contribution in [0.15, 0.2) is 72.8 Å². The van der Waals surface area contributed by atoms with Crippen LogP contribution >= 0.6 is 11.6 Å². The Bertz CT molecular complexity index is 1500. The van der Waals surface area contributed by atoms with Gasteiger partial charge in [0.25, 0.3) is 0 Å². The van der Waals surface area contributed by atoms with Gasteiger partial charge in [-0.25, -0.2) is 4.90 Å². The SMILES string of the molecule is O=C1[C@H]2[C@@H](c3ccccc3Cl)OC3(C(=O)c4ccccc4C3=O)[C@H]2C(=O)N1c1cccc(C(F)(F)F)c1. The summed E-state index contributed by atoms with van der Waals surface area (Å²) in [5.74, 6) is -6.38. The Kier molecular flexibility index (Phi) is 4.99. The molecule has 2 fully saturated rings. The fraction of sp³-hybridized carbons (Fsp3) is 0.185. The average Bonchev–Trinajstić information content (AvgIpc) is 3.44. The molecule has 0 N–H and O–H groups in total. The molecule has 0 unspecified atom stereocenters. The van der Waals surface area contributed by atoms with E-state index < -0.39 is 58.7 Å². The Hall–Kier alpha value is -3.82. The number of carbonyl (C=O) groups is 4. The number of rotatable bonds is 2. The summed E-state index contributed by atoms with van der Waals surface area (Å²) in [5.41, 5.74) is -3.35. The Balaban J connectivity index is 1.54. The Morgan fingerprint density at radius 1 is 0.811 bits per heavy atom. The van der Waals surface area contributed by atoms with Crippen molar-refractivity contribution in [2.24, 2.45) is 11.8 Å². The van der Waals surface area contributed by atoms with Gasteiger partial charge in [0, 0.05) is 21.7 Å². The number of hydrogen-bond acceptors (Lipinski definition) is 5. The van der Waals surface area contributed by atoms with Crippen LogP contribution in [0.1, 0.15) is 37.9 Å². The molecule has 2 aliphatic heterocycles. The van der Waals surface area contributed by atoms with Gasteiger partial charge in [0.2, 0.25) is 29.0 Å². The molecule has 3 atom stereocenters. The maximum atomic E-state index is 13.8. The second-order valence-electron chi connectivity index (χ2n) is 9.06. The lowest BCUT2D eigenvalue weighted by Gasteiger charge is -2.27. The van der Waals surface area contributed by atoms with E-state index >= 15 is 0 Å². The van der Waals surface area contributed by atoms with Crippen LogP contribution < -0.4 is 4.90 Å². The fourth-order valence-electron chi connectivity index (χ4n) is 5.58. The minimum Gasteiger partial charge on any atom is -0.349 e. The molecule has 6 rings (SSSR count).